The third-order valence-electron chi connectivity index (χ3n) is 3.59. The molecule has 1 heterocycles. The highest BCUT2D eigenvalue weighted by Gasteiger charge is 2.13. The first-order chi connectivity index (χ1) is 9.27. The molecule has 0 aromatic carbocycles. The van der Waals surface area contributed by atoms with E-state index in [1.54, 1.807) is 0 Å². The van der Waals surface area contributed by atoms with Crippen molar-refractivity contribution in [1.29, 1.82) is 0 Å². The lowest BCUT2D eigenvalue weighted by atomic mass is 10.0. The van der Waals surface area contributed by atoms with E-state index in [4.69, 9.17) is 11.6 Å². The molecule has 0 spiro atoms. The lowest BCUT2D eigenvalue weighted by Crippen LogP contribution is -2.05. The highest BCUT2D eigenvalue weighted by molar-refractivity contribution is 6.32. The fourth-order valence-electron chi connectivity index (χ4n) is 2.40. The molecule has 0 saturated carbocycles. The molecular weight excluding hydrogens is 268 g/mol. The van der Waals surface area contributed by atoms with Crippen LogP contribution in [-0.4, -0.2) is 9.78 Å². The first-order valence-corrected chi connectivity index (χ1v) is 7.75. The highest BCUT2D eigenvalue weighted by atomic mass is 35.5. The van der Waals surface area contributed by atoms with E-state index in [-0.39, 0.29) is 6.04 Å². The number of aryl methyl sites for hydroxylation is 1. The van der Waals surface area contributed by atoms with E-state index in [2.05, 4.69) is 65.0 Å². The van der Waals surface area contributed by atoms with Gasteiger partial charge in [0, 0.05) is 11.2 Å². The van der Waals surface area contributed by atoms with E-state index in [1.807, 2.05) is 11.6 Å². The number of aromatic nitrogens is 2. The average molecular weight is 295 g/mol. The first-order valence-electron chi connectivity index (χ1n) is 7.37. The van der Waals surface area contributed by atoms with Gasteiger partial charge in [-0.1, -0.05) is 45.4 Å². The van der Waals surface area contributed by atoms with Crippen molar-refractivity contribution < 1.29 is 0 Å². The van der Waals surface area contributed by atoms with Crippen molar-refractivity contribution >= 4 is 11.6 Å². The van der Waals surface area contributed by atoms with Crippen molar-refractivity contribution in [2.75, 3.05) is 0 Å². The van der Waals surface area contributed by atoms with E-state index in [9.17, 15) is 0 Å². The molecule has 0 amide bonds. The molecule has 1 atom stereocenters. The Morgan fingerprint density at radius 2 is 1.85 bits per heavy atom. The van der Waals surface area contributed by atoms with Crippen LogP contribution in [0.4, 0.5) is 0 Å². The largest absolute Gasteiger partial charge is 0.266 e. The summed E-state index contributed by atoms with van der Waals surface area (Å²) < 4.78 is 2.00. The van der Waals surface area contributed by atoms with E-state index >= 15 is 0 Å². The number of nitrogens with zero attached hydrogens (tertiary/aromatic N) is 2. The third-order valence-corrected chi connectivity index (χ3v) is 3.93. The van der Waals surface area contributed by atoms with Crippen molar-refractivity contribution in [2.45, 2.75) is 60.4 Å². The summed E-state index contributed by atoms with van der Waals surface area (Å²) >= 11 is 6.45. The zero-order valence-corrected chi connectivity index (χ0v) is 14.5. The molecule has 1 unspecified atom stereocenters. The highest BCUT2D eigenvalue weighted by Crippen LogP contribution is 2.26. The summed E-state index contributed by atoms with van der Waals surface area (Å²) in [6, 6.07) is 0.155. The Kier molecular flexibility index (Phi) is 6.07. The van der Waals surface area contributed by atoms with Crippen LogP contribution >= 0.6 is 11.6 Å². The van der Waals surface area contributed by atoms with Gasteiger partial charge in [-0.25, -0.2) is 0 Å². The second kappa shape index (κ2) is 7.12. The Morgan fingerprint density at radius 1 is 1.25 bits per heavy atom. The summed E-state index contributed by atoms with van der Waals surface area (Å²) in [4.78, 5) is 0. The van der Waals surface area contributed by atoms with Crippen LogP contribution in [-0.2, 0) is 0 Å². The smallest absolute Gasteiger partial charge is 0.0688 e. The molecule has 0 aliphatic rings. The lowest BCUT2D eigenvalue weighted by Gasteiger charge is -2.13. The third kappa shape index (κ3) is 3.99. The van der Waals surface area contributed by atoms with Gasteiger partial charge in [0.25, 0.3) is 0 Å². The fraction of sp³-hybridized carbons (Fsp3) is 0.588. The second-order valence-electron chi connectivity index (χ2n) is 5.96. The van der Waals surface area contributed by atoms with Crippen LogP contribution in [0.3, 0.4) is 0 Å². The average Bonchev–Trinajstić information content (AvgIpc) is 2.71. The molecule has 0 N–H and O–H groups in total. The summed E-state index contributed by atoms with van der Waals surface area (Å²) in [6.45, 7) is 14.9. The minimum absolute atomic E-state index is 0.155. The minimum atomic E-state index is 0.155. The van der Waals surface area contributed by atoms with Gasteiger partial charge in [0.05, 0.1) is 11.7 Å². The molecule has 0 aliphatic heterocycles. The molecule has 0 saturated heterocycles. The molecule has 2 nitrogen and oxygen atoms in total. The van der Waals surface area contributed by atoms with Crippen molar-refractivity contribution in [3.05, 3.63) is 40.2 Å². The van der Waals surface area contributed by atoms with Gasteiger partial charge in [0.2, 0.25) is 0 Å². The molecule has 1 rings (SSSR count). The number of rotatable bonds is 5. The van der Waals surface area contributed by atoms with Crippen LogP contribution in [0.15, 0.2) is 29.0 Å². The first kappa shape index (κ1) is 17.0. The number of hydrogen-bond donors (Lipinski definition) is 0. The molecule has 0 bridgehead atoms. The Morgan fingerprint density at radius 3 is 2.25 bits per heavy atom. The summed E-state index contributed by atoms with van der Waals surface area (Å²) in [5, 5.41) is 5.44. The Bertz CT molecular complexity index is 507. The molecule has 1 aromatic rings. The van der Waals surface area contributed by atoms with Crippen LogP contribution in [0.1, 0.15) is 64.8 Å². The molecule has 0 fully saturated rings. The van der Waals surface area contributed by atoms with Crippen LogP contribution in [0.5, 0.6) is 0 Å². The molecule has 112 valence electrons. The maximum Gasteiger partial charge on any atom is 0.0688 e. The maximum absolute atomic E-state index is 6.45. The van der Waals surface area contributed by atoms with Gasteiger partial charge in [-0.2, -0.15) is 5.10 Å². The zero-order chi connectivity index (χ0) is 15.4. The lowest BCUT2D eigenvalue weighted by molar-refractivity contribution is 0.574. The Hall–Kier alpha value is -1.02. The second-order valence-corrected chi connectivity index (χ2v) is 6.37. The summed E-state index contributed by atoms with van der Waals surface area (Å²) in [5.41, 5.74) is 3.59. The number of allylic oxidation sites excluding steroid dienone is 4. The summed E-state index contributed by atoms with van der Waals surface area (Å²) in [6.07, 6.45) is 6.30. The van der Waals surface area contributed by atoms with E-state index in [0.717, 1.165) is 10.7 Å². The predicted octanol–water partition coefficient (Wildman–Crippen LogP) is 5.60. The van der Waals surface area contributed by atoms with Gasteiger partial charge in [0.15, 0.2) is 0 Å². The molecule has 3 heteroatoms. The standard InChI is InChI=1S/C17H27ClN2/c1-8-15(11(2)3)17(18)9-13(6)20-10-16(12(4)5)14(7)19-20/h8-13H,1-7H3/b15-8-,17-9+. The van der Waals surface area contributed by atoms with Crippen LogP contribution in [0.25, 0.3) is 0 Å². The normalized spacial score (nSPS) is 15.3. The molecule has 0 aliphatic carbocycles. The topological polar surface area (TPSA) is 17.8 Å². The van der Waals surface area contributed by atoms with E-state index < -0.39 is 0 Å². The van der Waals surface area contributed by atoms with Gasteiger partial charge in [-0.05, 0) is 49.8 Å². The van der Waals surface area contributed by atoms with Gasteiger partial charge in [0.1, 0.15) is 0 Å². The molecule has 0 radical (unpaired) electrons. The van der Waals surface area contributed by atoms with Gasteiger partial charge < -0.3 is 0 Å². The summed E-state index contributed by atoms with van der Waals surface area (Å²) in [7, 11) is 0. The van der Waals surface area contributed by atoms with Crippen molar-refractivity contribution in [3.63, 3.8) is 0 Å². The SMILES string of the molecule is C/C=C(\C(Cl)=C/C(C)n1cc(C(C)C)c(C)n1)C(C)C. The van der Waals surface area contributed by atoms with Crippen LogP contribution in [0.2, 0.25) is 0 Å². The minimum Gasteiger partial charge on any atom is -0.266 e. The van der Waals surface area contributed by atoms with Crippen molar-refractivity contribution in [3.8, 4) is 0 Å². The Labute approximate surface area is 128 Å². The molecule has 20 heavy (non-hydrogen) atoms. The van der Waals surface area contributed by atoms with Crippen LogP contribution < -0.4 is 0 Å². The van der Waals surface area contributed by atoms with Gasteiger partial charge >= 0.3 is 0 Å². The van der Waals surface area contributed by atoms with E-state index in [0.29, 0.717) is 11.8 Å². The number of halogens is 1. The van der Waals surface area contributed by atoms with E-state index in [1.165, 1.54) is 11.1 Å². The van der Waals surface area contributed by atoms with Crippen molar-refractivity contribution in [2.24, 2.45) is 5.92 Å². The zero-order valence-electron chi connectivity index (χ0n) is 13.7. The monoisotopic (exact) mass is 294 g/mol. The van der Waals surface area contributed by atoms with Crippen molar-refractivity contribution in [1.82, 2.24) is 9.78 Å². The van der Waals surface area contributed by atoms with Gasteiger partial charge in [-0.15, -0.1) is 0 Å². The quantitative estimate of drug-likeness (QED) is 0.646. The molecular formula is C17H27ClN2. The number of hydrogen-bond acceptors (Lipinski definition) is 1. The predicted molar refractivity (Wildman–Crippen MR) is 88.3 cm³/mol. The fourth-order valence-corrected chi connectivity index (χ4v) is 2.91. The van der Waals surface area contributed by atoms with Crippen LogP contribution in [0, 0.1) is 12.8 Å². The Balaban J connectivity index is 3.01. The van der Waals surface area contributed by atoms with Gasteiger partial charge in [-0.3, -0.25) is 4.68 Å². The summed E-state index contributed by atoms with van der Waals surface area (Å²) in [5.74, 6) is 0.929. The maximum atomic E-state index is 6.45. The molecule has 1 aromatic heterocycles.